The molecule has 1 aliphatic heterocycles. The number of aryl methyl sites for hydroxylation is 1. The van der Waals surface area contributed by atoms with E-state index in [0.29, 0.717) is 0 Å². The smallest absolute Gasteiger partial charge is 0.0580 e. The minimum Gasteiger partial charge on any atom is -0.399 e. The van der Waals surface area contributed by atoms with Gasteiger partial charge in [0.1, 0.15) is 0 Å². The van der Waals surface area contributed by atoms with Crippen molar-refractivity contribution in [1.82, 2.24) is 5.32 Å². The van der Waals surface area contributed by atoms with Gasteiger partial charge in [-0.3, -0.25) is 0 Å². The molecule has 0 saturated heterocycles. The standard InChI is InChI=1S/C17H20N2/c1-2-12-6-7-13-8-9-19-17(16(13)10-12)14-4-3-5-15(18)11-14/h3-7,10-11,17,19H,2,8-9,18H2,1H3. The van der Waals surface area contributed by atoms with E-state index in [2.05, 4.69) is 42.6 Å². The van der Waals surface area contributed by atoms with E-state index in [-0.39, 0.29) is 6.04 Å². The summed E-state index contributed by atoms with van der Waals surface area (Å²) in [5.41, 5.74) is 12.3. The highest BCUT2D eigenvalue weighted by atomic mass is 14.9. The fourth-order valence-electron chi connectivity index (χ4n) is 2.86. The van der Waals surface area contributed by atoms with Crippen molar-refractivity contribution in [1.29, 1.82) is 0 Å². The molecular weight excluding hydrogens is 232 g/mol. The van der Waals surface area contributed by atoms with Gasteiger partial charge in [-0.15, -0.1) is 0 Å². The lowest BCUT2D eigenvalue weighted by Gasteiger charge is -2.28. The van der Waals surface area contributed by atoms with Crippen molar-refractivity contribution in [3.63, 3.8) is 0 Å². The van der Waals surface area contributed by atoms with Gasteiger partial charge in [0.2, 0.25) is 0 Å². The number of nitrogens with one attached hydrogen (secondary N) is 1. The largest absolute Gasteiger partial charge is 0.399 e. The molecule has 0 amide bonds. The molecule has 2 aromatic carbocycles. The van der Waals surface area contributed by atoms with Gasteiger partial charge in [-0.2, -0.15) is 0 Å². The number of rotatable bonds is 2. The summed E-state index contributed by atoms with van der Waals surface area (Å²) in [6.45, 7) is 3.23. The second kappa shape index (κ2) is 5.06. The average Bonchev–Trinajstić information content (AvgIpc) is 2.46. The van der Waals surface area contributed by atoms with E-state index in [1.54, 1.807) is 0 Å². The first-order valence-electron chi connectivity index (χ1n) is 6.98. The number of hydrogen-bond donors (Lipinski definition) is 2. The van der Waals surface area contributed by atoms with Crippen molar-refractivity contribution in [2.45, 2.75) is 25.8 Å². The van der Waals surface area contributed by atoms with Gasteiger partial charge in [0.05, 0.1) is 6.04 Å². The average molecular weight is 252 g/mol. The van der Waals surface area contributed by atoms with E-state index in [0.717, 1.165) is 25.1 Å². The van der Waals surface area contributed by atoms with Crippen LogP contribution in [0.4, 0.5) is 5.69 Å². The predicted molar refractivity (Wildman–Crippen MR) is 80.2 cm³/mol. The molecule has 0 aromatic heterocycles. The van der Waals surface area contributed by atoms with Gasteiger partial charge in [-0.1, -0.05) is 37.3 Å². The van der Waals surface area contributed by atoms with Crippen molar-refractivity contribution in [2.24, 2.45) is 0 Å². The third-order valence-electron chi connectivity index (χ3n) is 3.92. The van der Waals surface area contributed by atoms with Crippen LogP contribution in [-0.2, 0) is 12.8 Å². The van der Waals surface area contributed by atoms with Crippen LogP contribution in [0.25, 0.3) is 0 Å². The molecule has 0 radical (unpaired) electrons. The second-order valence-electron chi connectivity index (χ2n) is 5.19. The summed E-state index contributed by atoms with van der Waals surface area (Å²) in [4.78, 5) is 0. The Labute approximate surface area is 114 Å². The molecule has 98 valence electrons. The second-order valence-corrected chi connectivity index (χ2v) is 5.19. The molecule has 1 heterocycles. The van der Waals surface area contributed by atoms with Gasteiger partial charge in [0.25, 0.3) is 0 Å². The molecular formula is C17H20N2. The molecule has 0 saturated carbocycles. The van der Waals surface area contributed by atoms with Crippen LogP contribution in [-0.4, -0.2) is 6.54 Å². The SMILES string of the molecule is CCc1ccc2c(c1)C(c1cccc(N)c1)NCC2. The van der Waals surface area contributed by atoms with E-state index in [4.69, 9.17) is 5.73 Å². The highest BCUT2D eigenvalue weighted by Gasteiger charge is 2.21. The molecule has 1 atom stereocenters. The summed E-state index contributed by atoms with van der Waals surface area (Å²) >= 11 is 0. The lowest BCUT2D eigenvalue weighted by Crippen LogP contribution is -2.30. The first-order chi connectivity index (χ1) is 9.28. The Hall–Kier alpha value is -1.80. The first kappa shape index (κ1) is 12.2. The van der Waals surface area contributed by atoms with Crippen molar-refractivity contribution in [2.75, 3.05) is 12.3 Å². The van der Waals surface area contributed by atoms with Crippen LogP contribution >= 0.6 is 0 Å². The fourth-order valence-corrected chi connectivity index (χ4v) is 2.86. The summed E-state index contributed by atoms with van der Waals surface area (Å²) in [5, 5.41) is 3.61. The Kier molecular flexibility index (Phi) is 3.26. The normalized spacial score (nSPS) is 18.1. The maximum atomic E-state index is 5.91. The van der Waals surface area contributed by atoms with Gasteiger partial charge in [0, 0.05) is 12.2 Å². The fraction of sp³-hybridized carbons (Fsp3) is 0.294. The minimum atomic E-state index is 0.277. The molecule has 0 bridgehead atoms. The highest BCUT2D eigenvalue weighted by molar-refractivity contribution is 5.47. The number of hydrogen-bond acceptors (Lipinski definition) is 2. The molecule has 3 rings (SSSR count). The number of fused-ring (bicyclic) bond motifs is 1. The molecule has 0 spiro atoms. The maximum absolute atomic E-state index is 5.91. The van der Waals surface area contributed by atoms with Crippen molar-refractivity contribution < 1.29 is 0 Å². The van der Waals surface area contributed by atoms with E-state index in [9.17, 15) is 0 Å². The molecule has 19 heavy (non-hydrogen) atoms. The number of nitrogen functional groups attached to an aromatic ring is 1. The van der Waals surface area contributed by atoms with Crippen molar-refractivity contribution in [3.05, 3.63) is 64.7 Å². The summed E-state index contributed by atoms with van der Waals surface area (Å²) in [5.74, 6) is 0. The first-order valence-corrected chi connectivity index (χ1v) is 6.98. The number of anilines is 1. The van der Waals surface area contributed by atoms with Gasteiger partial charge in [-0.05, 0) is 47.2 Å². The summed E-state index contributed by atoms with van der Waals surface area (Å²) in [6, 6.07) is 15.4. The van der Waals surface area contributed by atoms with Gasteiger partial charge >= 0.3 is 0 Å². The molecule has 2 nitrogen and oxygen atoms in total. The molecule has 0 aliphatic carbocycles. The molecule has 1 aliphatic rings. The van der Waals surface area contributed by atoms with E-state index < -0.39 is 0 Å². The minimum absolute atomic E-state index is 0.277. The van der Waals surface area contributed by atoms with Crippen LogP contribution in [0.15, 0.2) is 42.5 Å². The van der Waals surface area contributed by atoms with E-state index in [1.807, 2.05) is 12.1 Å². The molecule has 0 fully saturated rings. The summed E-state index contributed by atoms with van der Waals surface area (Å²) in [7, 11) is 0. The monoisotopic (exact) mass is 252 g/mol. The Morgan fingerprint density at radius 1 is 1.21 bits per heavy atom. The lowest BCUT2D eigenvalue weighted by atomic mass is 9.88. The number of nitrogens with two attached hydrogens (primary N) is 1. The van der Waals surface area contributed by atoms with Gasteiger partial charge in [0.15, 0.2) is 0 Å². The Morgan fingerprint density at radius 2 is 2.11 bits per heavy atom. The van der Waals surface area contributed by atoms with Crippen molar-refractivity contribution >= 4 is 5.69 Å². The Balaban J connectivity index is 2.06. The van der Waals surface area contributed by atoms with E-state index in [1.165, 1.54) is 22.3 Å². The maximum Gasteiger partial charge on any atom is 0.0580 e. The van der Waals surface area contributed by atoms with Gasteiger partial charge in [-0.25, -0.2) is 0 Å². The Bertz CT molecular complexity index is 590. The zero-order valence-corrected chi connectivity index (χ0v) is 11.3. The van der Waals surface area contributed by atoms with Crippen LogP contribution in [0.2, 0.25) is 0 Å². The summed E-state index contributed by atoms with van der Waals surface area (Å²) in [6.07, 6.45) is 2.19. The molecule has 3 N–H and O–H groups in total. The highest BCUT2D eigenvalue weighted by Crippen LogP contribution is 2.30. The third-order valence-corrected chi connectivity index (χ3v) is 3.92. The van der Waals surface area contributed by atoms with Gasteiger partial charge < -0.3 is 11.1 Å². The number of benzene rings is 2. The van der Waals surface area contributed by atoms with Crippen LogP contribution in [0.1, 0.15) is 35.2 Å². The third kappa shape index (κ3) is 2.36. The van der Waals surface area contributed by atoms with Crippen LogP contribution in [0.3, 0.4) is 0 Å². The quantitative estimate of drug-likeness (QED) is 0.806. The topological polar surface area (TPSA) is 38.0 Å². The van der Waals surface area contributed by atoms with Crippen molar-refractivity contribution in [3.8, 4) is 0 Å². The molecule has 1 unspecified atom stereocenters. The molecule has 2 aromatic rings. The zero-order valence-electron chi connectivity index (χ0n) is 11.3. The zero-order chi connectivity index (χ0) is 13.2. The van der Waals surface area contributed by atoms with Crippen LogP contribution in [0, 0.1) is 0 Å². The van der Waals surface area contributed by atoms with Crippen LogP contribution in [0.5, 0.6) is 0 Å². The predicted octanol–water partition coefficient (Wildman–Crippen LogP) is 3.07. The van der Waals surface area contributed by atoms with E-state index >= 15 is 0 Å². The summed E-state index contributed by atoms with van der Waals surface area (Å²) < 4.78 is 0. The lowest BCUT2D eigenvalue weighted by molar-refractivity contribution is 0.567. The molecule has 2 heteroatoms. The van der Waals surface area contributed by atoms with Crippen LogP contribution < -0.4 is 11.1 Å². The Morgan fingerprint density at radius 3 is 2.89 bits per heavy atom.